The summed E-state index contributed by atoms with van der Waals surface area (Å²) in [6.45, 7) is 0. The van der Waals surface area contributed by atoms with Gasteiger partial charge in [0.1, 0.15) is 0 Å². The number of Topliss-reactive ketones (excluding diaryl/α,β-unsaturated/α-hetero) is 1. The number of hydrogen-bond acceptors (Lipinski definition) is 2. The third-order valence-corrected chi connectivity index (χ3v) is 2.93. The molecule has 62 valence electrons. The maximum absolute atomic E-state index is 11.6. The van der Waals surface area contributed by atoms with Gasteiger partial charge in [-0.1, -0.05) is 12.8 Å². The molecule has 2 saturated carbocycles. The molecule has 0 radical (unpaired) electrons. The Hall–Kier alpha value is -0.370. The molecule has 0 aromatic carbocycles. The zero-order valence-electron chi connectivity index (χ0n) is 6.81. The van der Waals surface area contributed by atoms with Crippen molar-refractivity contribution in [2.24, 2.45) is 11.7 Å². The first-order chi connectivity index (χ1) is 5.22. The lowest BCUT2D eigenvalue weighted by molar-refractivity contribution is -0.125. The van der Waals surface area contributed by atoms with Gasteiger partial charge in [0.05, 0.1) is 5.54 Å². The maximum Gasteiger partial charge on any atom is 0.155 e. The van der Waals surface area contributed by atoms with Crippen LogP contribution >= 0.6 is 0 Å². The third-order valence-electron chi connectivity index (χ3n) is 2.93. The number of nitrogens with two attached hydrogens (primary N) is 1. The van der Waals surface area contributed by atoms with Gasteiger partial charge in [-0.3, -0.25) is 4.79 Å². The fourth-order valence-corrected chi connectivity index (χ4v) is 2.00. The van der Waals surface area contributed by atoms with Crippen molar-refractivity contribution in [2.75, 3.05) is 0 Å². The Morgan fingerprint density at radius 3 is 2.27 bits per heavy atom. The fourth-order valence-electron chi connectivity index (χ4n) is 2.00. The normalized spacial score (nSPS) is 28.8. The highest BCUT2D eigenvalue weighted by Gasteiger charge is 2.44. The molecule has 0 aromatic rings. The van der Waals surface area contributed by atoms with E-state index in [2.05, 4.69) is 0 Å². The topological polar surface area (TPSA) is 43.1 Å². The molecule has 0 heterocycles. The molecule has 2 N–H and O–H groups in total. The van der Waals surface area contributed by atoms with E-state index >= 15 is 0 Å². The van der Waals surface area contributed by atoms with Gasteiger partial charge in [0, 0.05) is 5.92 Å². The van der Waals surface area contributed by atoms with Crippen molar-refractivity contribution in [3.8, 4) is 0 Å². The van der Waals surface area contributed by atoms with Gasteiger partial charge < -0.3 is 5.73 Å². The van der Waals surface area contributed by atoms with E-state index in [4.69, 9.17) is 5.73 Å². The highest BCUT2D eigenvalue weighted by Crippen LogP contribution is 2.38. The molecule has 2 nitrogen and oxygen atoms in total. The van der Waals surface area contributed by atoms with Crippen LogP contribution in [0.1, 0.15) is 38.5 Å². The van der Waals surface area contributed by atoms with Gasteiger partial charge in [0.15, 0.2) is 5.78 Å². The molecule has 2 rings (SSSR count). The van der Waals surface area contributed by atoms with Gasteiger partial charge in [0.2, 0.25) is 0 Å². The fraction of sp³-hybridized carbons (Fsp3) is 0.889. The summed E-state index contributed by atoms with van der Waals surface area (Å²) in [6.07, 6.45) is 6.35. The van der Waals surface area contributed by atoms with Gasteiger partial charge in [-0.05, 0) is 25.7 Å². The summed E-state index contributed by atoms with van der Waals surface area (Å²) in [5.74, 6) is 0.702. The van der Waals surface area contributed by atoms with Gasteiger partial charge in [-0.2, -0.15) is 0 Å². The molecule has 0 saturated heterocycles. The molecule has 0 atom stereocenters. The minimum atomic E-state index is -0.402. The number of carbonyl (C=O) groups excluding carboxylic acids is 1. The lowest BCUT2D eigenvalue weighted by atomic mass is 9.90. The van der Waals surface area contributed by atoms with Crippen LogP contribution in [0, 0.1) is 5.92 Å². The van der Waals surface area contributed by atoms with Crippen LogP contribution in [0.3, 0.4) is 0 Å². The summed E-state index contributed by atoms with van der Waals surface area (Å²) < 4.78 is 0. The first-order valence-electron chi connectivity index (χ1n) is 4.56. The van der Waals surface area contributed by atoms with Crippen LogP contribution in [0.2, 0.25) is 0 Å². The Bertz CT molecular complexity index is 178. The summed E-state index contributed by atoms with van der Waals surface area (Å²) in [7, 11) is 0. The lowest BCUT2D eigenvalue weighted by Gasteiger charge is -2.21. The zero-order valence-corrected chi connectivity index (χ0v) is 6.81. The SMILES string of the molecule is NC1(C(=O)C2CC2)CCCC1. The number of rotatable bonds is 2. The van der Waals surface area contributed by atoms with Crippen LogP contribution in [0.5, 0.6) is 0 Å². The Morgan fingerprint density at radius 1 is 1.27 bits per heavy atom. The smallest absolute Gasteiger partial charge is 0.155 e. The average Bonchev–Trinajstić information content (AvgIpc) is 2.74. The Kier molecular flexibility index (Phi) is 1.53. The Morgan fingerprint density at radius 2 is 1.82 bits per heavy atom. The molecule has 0 unspecified atom stereocenters. The molecular formula is C9H15NO. The molecule has 0 bridgehead atoms. The summed E-state index contributed by atoms with van der Waals surface area (Å²) in [5.41, 5.74) is 5.59. The van der Waals surface area contributed by atoms with Crippen molar-refractivity contribution < 1.29 is 4.79 Å². The standard InChI is InChI=1S/C9H15NO/c10-9(5-1-2-6-9)8(11)7-3-4-7/h7H,1-6,10H2. The van der Waals surface area contributed by atoms with Crippen LogP contribution in [-0.2, 0) is 4.79 Å². The molecule has 0 amide bonds. The van der Waals surface area contributed by atoms with Gasteiger partial charge in [0.25, 0.3) is 0 Å². The van der Waals surface area contributed by atoms with Crippen molar-refractivity contribution in [3.63, 3.8) is 0 Å². The number of hydrogen-bond donors (Lipinski definition) is 1. The van der Waals surface area contributed by atoms with Crippen LogP contribution in [0.25, 0.3) is 0 Å². The Labute approximate surface area is 67.1 Å². The van der Waals surface area contributed by atoms with E-state index in [1.54, 1.807) is 0 Å². The molecule has 0 aliphatic heterocycles. The van der Waals surface area contributed by atoms with E-state index in [1.807, 2.05) is 0 Å². The van der Waals surface area contributed by atoms with Gasteiger partial charge in [-0.25, -0.2) is 0 Å². The molecule has 11 heavy (non-hydrogen) atoms. The van der Waals surface area contributed by atoms with E-state index in [0.717, 1.165) is 38.5 Å². The minimum absolute atomic E-state index is 0.345. The summed E-state index contributed by atoms with van der Waals surface area (Å²) in [5, 5.41) is 0. The van der Waals surface area contributed by atoms with Crippen LogP contribution in [0.4, 0.5) is 0 Å². The first kappa shape index (κ1) is 7.29. The van der Waals surface area contributed by atoms with E-state index in [9.17, 15) is 4.79 Å². The van der Waals surface area contributed by atoms with Crippen LogP contribution in [0.15, 0.2) is 0 Å². The highest BCUT2D eigenvalue weighted by atomic mass is 16.1. The van der Waals surface area contributed by atoms with Gasteiger partial charge >= 0.3 is 0 Å². The first-order valence-corrected chi connectivity index (χ1v) is 4.56. The van der Waals surface area contributed by atoms with Crippen molar-refractivity contribution in [3.05, 3.63) is 0 Å². The second-order valence-corrected chi connectivity index (χ2v) is 4.00. The number of ketones is 1. The molecule has 2 heteroatoms. The minimum Gasteiger partial charge on any atom is -0.319 e. The highest BCUT2D eigenvalue weighted by molar-refractivity contribution is 5.92. The molecule has 0 spiro atoms. The van der Waals surface area contributed by atoms with Crippen molar-refractivity contribution in [1.29, 1.82) is 0 Å². The third kappa shape index (κ3) is 1.20. The monoisotopic (exact) mass is 153 g/mol. The molecular weight excluding hydrogens is 138 g/mol. The van der Waals surface area contributed by atoms with Crippen molar-refractivity contribution >= 4 is 5.78 Å². The predicted octanol–water partition coefficient (Wildman–Crippen LogP) is 1.24. The second-order valence-electron chi connectivity index (χ2n) is 4.00. The number of carbonyl (C=O) groups is 1. The summed E-state index contributed by atoms with van der Waals surface area (Å²) in [4.78, 5) is 11.6. The Balaban J connectivity index is 2.05. The van der Waals surface area contributed by atoms with Gasteiger partial charge in [-0.15, -0.1) is 0 Å². The summed E-state index contributed by atoms with van der Waals surface area (Å²) >= 11 is 0. The second kappa shape index (κ2) is 2.31. The molecule has 2 fully saturated rings. The van der Waals surface area contributed by atoms with E-state index in [1.165, 1.54) is 0 Å². The average molecular weight is 153 g/mol. The lowest BCUT2D eigenvalue weighted by Crippen LogP contribution is -2.46. The van der Waals surface area contributed by atoms with E-state index in [0.29, 0.717) is 11.7 Å². The van der Waals surface area contributed by atoms with E-state index < -0.39 is 5.54 Å². The molecule has 2 aliphatic rings. The zero-order chi connectivity index (χ0) is 7.90. The van der Waals surface area contributed by atoms with Crippen molar-refractivity contribution in [1.82, 2.24) is 0 Å². The largest absolute Gasteiger partial charge is 0.319 e. The van der Waals surface area contributed by atoms with E-state index in [-0.39, 0.29) is 0 Å². The van der Waals surface area contributed by atoms with Crippen molar-refractivity contribution in [2.45, 2.75) is 44.1 Å². The predicted molar refractivity (Wildman–Crippen MR) is 43.1 cm³/mol. The van der Waals surface area contributed by atoms with Crippen LogP contribution in [-0.4, -0.2) is 11.3 Å². The van der Waals surface area contributed by atoms with Crippen LogP contribution < -0.4 is 5.73 Å². The molecule has 2 aliphatic carbocycles. The maximum atomic E-state index is 11.6. The quantitative estimate of drug-likeness (QED) is 0.648. The molecule has 0 aromatic heterocycles. The summed E-state index contributed by atoms with van der Waals surface area (Å²) in [6, 6.07) is 0.